The van der Waals surface area contributed by atoms with Crippen LogP contribution in [0.25, 0.3) is 0 Å². The fourth-order valence-electron chi connectivity index (χ4n) is 3.16. The Bertz CT molecular complexity index is 481. The van der Waals surface area contributed by atoms with Crippen molar-refractivity contribution < 1.29 is 9.13 Å². The van der Waals surface area contributed by atoms with Crippen molar-refractivity contribution in [2.75, 3.05) is 26.5 Å². The summed E-state index contributed by atoms with van der Waals surface area (Å²) in [5, 5.41) is 0. The van der Waals surface area contributed by atoms with E-state index in [1.54, 1.807) is 18.9 Å². The molecule has 104 valence electrons. The fraction of sp³-hybridized carbons (Fsp3) is 0.600. The number of fused-ring (bicyclic) bond motifs is 1. The van der Waals surface area contributed by atoms with Crippen LogP contribution < -0.4 is 4.74 Å². The molecule has 1 aromatic carbocycles. The lowest BCUT2D eigenvalue weighted by molar-refractivity contribution is 0.133. The monoisotopic (exact) mass is 281 g/mol. The van der Waals surface area contributed by atoms with Gasteiger partial charge in [0, 0.05) is 28.7 Å². The van der Waals surface area contributed by atoms with E-state index in [4.69, 9.17) is 4.74 Å². The van der Waals surface area contributed by atoms with Gasteiger partial charge in [0.15, 0.2) is 0 Å². The Morgan fingerprint density at radius 3 is 3.05 bits per heavy atom. The second-order valence-electron chi connectivity index (χ2n) is 5.60. The van der Waals surface area contributed by atoms with E-state index in [0.29, 0.717) is 18.2 Å². The van der Waals surface area contributed by atoms with Gasteiger partial charge in [0.05, 0.1) is 7.11 Å². The third-order valence-electron chi connectivity index (χ3n) is 4.36. The lowest BCUT2D eigenvalue weighted by atomic mass is 9.90. The summed E-state index contributed by atoms with van der Waals surface area (Å²) in [5.41, 5.74) is -0.366. The van der Waals surface area contributed by atoms with Crippen molar-refractivity contribution in [3.05, 3.63) is 23.8 Å². The number of ether oxygens (including phenoxy) is 1. The molecule has 0 aliphatic carbocycles. The molecule has 0 amide bonds. The molecular formula is C15H20FNOS. The first-order valence-corrected chi connectivity index (χ1v) is 7.81. The Morgan fingerprint density at radius 2 is 2.37 bits per heavy atom. The van der Waals surface area contributed by atoms with Crippen molar-refractivity contribution in [2.24, 2.45) is 0 Å². The summed E-state index contributed by atoms with van der Waals surface area (Å²) in [6.07, 6.45) is 2.91. The minimum Gasteiger partial charge on any atom is -0.497 e. The van der Waals surface area contributed by atoms with Crippen molar-refractivity contribution in [3.63, 3.8) is 0 Å². The largest absolute Gasteiger partial charge is 0.497 e. The van der Waals surface area contributed by atoms with Crippen LogP contribution >= 0.6 is 11.8 Å². The van der Waals surface area contributed by atoms with Crippen LogP contribution in [0.1, 0.15) is 24.8 Å². The van der Waals surface area contributed by atoms with Gasteiger partial charge in [-0.1, -0.05) is 0 Å². The van der Waals surface area contributed by atoms with Crippen molar-refractivity contribution in [1.29, 1.82) is 0 Å². The fourth-order valence-corrected chi connectivity index (χ4v) is 4.38. The number of benzene rings is 1. The summed E-state index contributed by atoms with van der Waals surface area (Å²) in [4.78, 5) is 3.37. The van der Waals surface area contributed by atoms with E-state index in [9.17, 15) is 0 Å². The lowest BCUT2D eigenvalue weighted by Gasteiger charge is -2.28. The molecule has 0 radical (unpaired) electrons. The number of alkyl halides is 1. The molecule has 0 spiro atoms. The van der Waals surface area contributed by atoms with Gasteiger partial charge in [-0.3, -0.25) is 0 Å². The molecule has 2 aliphatic rings. The molecule has 2 nitrogen and oxygen atoms in total. The normalized spacial score (nSPS) is 30.6. The molecule has 3 rings (SSSR count). The molecule has 1 aromatic rings. The SMILES string of the molecule is COc1ccc2c(c1)[C@@](F)(C[C@@H]1CCCN1C)CS2. The highest BCUT2D eigenvalue weighted by Gasteiger charge is 2.43. The van der Waals surface area contributed by atoms with E-state index in [0.717, 1.165) is 29.2 Å². The highest BCUT2D eigenvalue weighted by molar-refractivity contribution is 7.99. The smallest absolute Gasteiger partial charge is 0.148 e. The predicted molar refractivity (Wildman–Crippen MR) is 76.8 cm³/mol. The second-order valence-corrected chi connectivity index (χ2v) is 6.61. The first-order chi connectivity index (χ1) is 9.12. The number of nitrogens with zero attached hydrogens (tertiary/aromatic N) is 1. The molecule has 0 saturated carbocycles. The van der Waals surface area contributed by atoms with Crippen LogP contribution in [0.4, 0.5) is 4.39 Å². The highest BCUT2D eigenvalue weighted by Crippen LogP contribution is 2.49. The second kappa shape index (κ2) is 4.98. The Kier molecular flexibility index (Phi) is 3.48. The maximum absolute atomic E-state index is 15.3. The van der Waals surface area contributed by atoms with Crippen molar-refractivity contribution >= 4 is 11.8 Å². The minimum absolute atomic E-state index is 0.378. The molecule has 1 fully saturated rings. The predicted octanol–water partition coefficient (Wildman–Crippen LogP) is 3.45. The Hall–Kier alpha value is -0.740. The van der Waals surface area contributed by atoms with Crippen LogP contribution in [0.15, 0.2) is 23.1 Å². The summed E-state index contributed by atoms with van der Waals surface area (Å²) in [7, 11) is 3.74. The Morgan fingerprint density at radius 1 is 1.53 bits per heavy atom. The summed E-state index contributed by atoms with van der Waals surface area (Å²) in [6, 6.07) is 6.16. The van der Waals surface area contributed by atoms with Crippen LogP contribution in [0, 0.1) is 0 Å². The van der Waals surface area contributed by atoms with Crippen LogP contribution in [-0.4, -0.2) is 37.4 Å². The number of methoxy groups -OCH3 is 1. The summed E-state index contributed by atoms with van der Waals surface area (Å²) < 4.78 is 20.6. The van der Waals surface area contributed by atoms with Gasteiger partial charge in [-0.25, -0.2) is 4.39 Å². The number of hydrogen-bond acceptors (Lipinski definition) is 3. The zero-order valence-corrected chi connectivity index (χ0v) is 12.3. The molecular weight excluding hydrogens is 261 g/mol. The molecule has 2 heterocycles. The first-order valence-electron chi connectivity index (χ1n) is 6.83. The number of halogens is 1. The zero-order chi connectivity index (χ0) is 13.5. The standard InChI is InChI=1S/C15H20FNOS/c1-17-7-3-4-11(17)9-15(16)10-19-14-6-5-12(18-2)8-13(14)15/h5-6,8,11H,3-4,7,9-10H2,1-2H3/t11-,15+/m0/s1. The number of likely N-dealkylation sites (tertiary alicyclic amines) is 1. The molecule has 0 bridgehead atoms. The molecule has 19 heavy (non-hydrogen) atoms. The Labute approximate surface area is 118 Å². The first kappa shape index (κ1) is 13.3. The molecule has 1 saturated heterocycles. The van der Waals surface area contributed by atoms with E-state index in [2.05, 4.69) is 11.9 Å². The lowest BCUT2D eigenvalue weighted by Crippen LogP contribution is -2.33. The average molecular weight is 281 g/mol. The maximum atomic E-state index is 15.3. The third-order valence-corrected chi connectivity index (χ3v) is 5.63. The summed E-state index contributed by atoms with van der Waals surface area (Å²) in [5.74, 6) is 1.29. The van der Waals surface area contributed by atoms with Crippen LogP contribution in [0.5, 0.6) is 5.75 Å². The topological polar surface area (TPSA) is 12.5 Å². The van der Waals surface area contributed by atoms with Gasteiger partial charge in [-0.05, 0) is 44.6 Å². The van der Waals surface area contributed by atoms with Gasteiger partial charge in [-0.15, -0.1) is 11.8 Å². The van der Waals surface area contributed by atoms with Gasteiger partial charge in [-0.2, -0.15) is 0 Å². The highest BCUT2D eigenvalue weighted by atomic mass is 32.2. The van der Waals surface area contributed by atoms with Gasteiger partial charge < -0.3 is 9.64 Å². The van der Waals surface area contributed by atoms with E-state index in [1.807, 2.05) is 18.2 Å². The summed E-state index contributed by atoms with van der Waals surface area (Å²) >= 11 is 1.63. The maximum Gasteiger partial charge on any atom is 0.148 e. The molecule has 2 aliphatic heterocycles. The Balaban J connectivity index is 1.86. The summed E-state index contributed by atoms with van der Waals surface area (Å²) in [6.45, 7) is 1.10. The van der Waals surface area contributed by atoms with Gasteiger partial charge in [0.2, 0.25) is 0 Å². The van der Waals surface area contributed by atoms with E-state index < -0.39 is 5.67 Å². The molecule has 0 aromatic heterocycles. The van der Waals surface area contributed by atoms with Crippen molar-refractivity contribution in [1.82, 2.24) is 4.90 Å². The van der Waals surface area contributed by atoms with Gasteiger partial charge in [0.25, 0.3) is 0 Å². The average Bonchev–Trinajstić information content (AvgIpc) is 2.95. The van der Waals surface area contributed by atoms with Gasteiger partial charge in [0.1, 0.15) is 11.4 Å². The molecule has 0 N–H and O–H groups in total. The third kappa shape index (κ3) is 2.36. The van der Waals surface area contributed by atoms with Crippen LogP contribution in [0.3, 0.4) is 0 Å². The minimum atomic E-state index is -1.20. The molecule has 4 heteroatoms. The van der Waals surface area contributed by atoms with Crippen LogP contribution in [-0.2, 0) is 5.67 Å². The quantitative estimate of drug-likeness (QED) is 0.842. The van der Waals surface area contributed by atoms with E-state index in [1.165, 1.54) is 6.42 Å². The van der Waals surface area contributed by atoms with E-state index in [-0.39, 0.29) is 0 Å². The van der Waals surface area contributed by atoms with Crippen molar-refractivity contribution in [3.8, 4) is 5.75 Å². The molecule has 0 unspecified atom stereocenters. The van der Waals surface area contributed by atoms with Gasteiger partial charge >= 0.3 is 0 Å². The number of thioether (sulfide) groups is 1. The zero-order valence-electron chi connectivity index (χ0n) is 11.5. The van der Waals surface area contributed by atoms with Crippen LogP contribution in [0.2, 0.25) is 0 Å². The molecule has 2 atom stereocenters. The van der Waals surface area contributed by atoms with Crippen molar-refractivity contribution in [2.45, 2.75) is 35.9 Å². The van der Waals surface area contributed by atoms with E-state index >= 15 is 4.39 Å². The number of rotatable bonds is 3. The number of hydrogen-bond donors (Lipinski definition) is 0.